The minimum atomic E-state index is 0.219. The van der Waals surface area contributed by atoms with Crippen molar-refractivity contribution in [3.8, 4) is 0 Å². The highest BCUT2D eigenvalue weighted by atomic mass is 32.2. The number of hydrogen-bond donors (Lipinski definition) is 2. The second-order valence-corrected chi connectivity index (χ2v) is 5.76. The van der Waals surface area contributed by atoms with Gasteiger partial charge in [0.05, 0.1) is 11.9 Å². The molecule has 0 radical (unpaired) electrons. The Morgan fingerprint density at radius 1 is 1.53 bits per heavy atom. The molecule has 0 saturated heterocycles. The molecule has 0 amide bonds. The summed E-state index contributed by atoms with van der Waals surface area (Å²) in [5, 5.41) is 3.32. The van der Waals surface area contributed by atoms with Gasteiger partial charge in [0.1, 0.15) is 5.82 Å². The number of nitrogens with one attached hydrogen (secondary N) is 1. The first-order valence-electron chi connectivity index (χ1n) is 4.96. The Labute approximate surface area is 95.9 Å². The van der Waals surface area contributed by atoms with Crippen LogP contribution in [0.1, 0.15) is 19.4 Å². The highest BCUT2D eigenvalue weighted by Gasteiger charge is 2.15. The standard InChI is InChI=1S/C11H19N3S/c1-8-5-10(13-6-9(8)12)14-7-11(2,3)15-4/h5-6H,7,12H2,1-4H3,(H,13,14). The molecule has 0 unspecified atom stereocenters. The summed E-state index contributed by atoms with van der Waals surface area (Å²) in [6, 6.07) is 1.98. The van der Waals surface area contributed by atoms with E-state index in [1.165, 1.54) is 0 Å². The highest BCUT2D eigenvalue weighted by Crippen LogP contribution is 2.22. The number of nitrogen functional groups attached to an aromatic ring is 1. The maximum Gasteiger partial charge on any atom is 0.126 e. The number of hydrogen-bond acceptors (Lipinski definition) is 4. The number of aryl methyl sites for hydroxylation is 1. The van der Waals surface area contributed by atoms with Gasteiger partial charge in [0.25, 0.3) is 0 Å². The van der Waals surface area contributed by atoms with Crippen molar-refractivity contribution in [2.45, 2.75) is 25.5 Å². The normalized spacial score (nSPS) is 11.5. The largest absolute Gasteiger partial charge is 0.397 e. The summed E-state index contributed by atoms with van der Waals surface area (Å²) in [5.41, 5.74) is 7.51. The van der Waals surface area contributed by atoms with Crippen molar-refractivity contribution in [1.82, 2.24) is 4.98 Å². The average Bonchev–Trinajstić information content (AvgIpc) is 2.20. The third-order valence-corrected chi connectivity index (χ3v) is 3.65. The van der Waals surface area contributed by atoms with E-state index in [-0.39, 0.29) is 4.75 Å². The lowest BCUT2D eigenvalue weighted by Gasteiger charge is -2.22. The summed E-state index contributed by atoms with van der Waals surface area (Å²) in [6.07, 6.45) is 3.81. The van der Waals surface area contributed by atoms with Crippen LogP contribution in [0.2, 0.25) is 0 Å². The molecule has 1 rings (SSSR count). The maximum absolute atomic E-state index is 5.70. The first-order chi connectivity index (χ1) is 6.94. The first kappa shape index (κ1) is 12.2. The van der Waals surface area contributed by atoms with E-state index >= 15 is 0 Å². The third-order valence-electron chi connectivity index (χ3n) is 2.40. The number of pyridine rings is 1. The van der Waals surface area contributed by atoms with E-state index in [9.17, 15) is 0 Å². The molecule has 0 fully saturated rings. The van der Waals surface area contributed by atoms with Gasteiger partial charge in [-0.2, -0.15) is 11.8 Å². The summed E-state index contributed by atoms with van der Waals surface area (Å²) in [6.45, 7) is 7.29. The third kappa shape index (κ3) is 3.63. The predicted octanol–water partition coefficient (Wildman–Crippen LogP) is 2.53. The van der Waals surface area contributed by atoms with Gasteiger partial charge in [-0.1, -0.05) is 0 Å². The van der Waals surface area contributed by atoms with Crippen LogP contribution in [-0.2, 0) is 0 Å². The molecule has 3 N–H and O–H groups in total. The molecule has 1 aromatic rings. The molecule has 0 spiro atoms. The Balaban J connectivity index is 2.62. The molecule has 1 heterocycles. The van der Waals surface area contributed by atoms with E-state index in [0.717, 1.165) is 23.6 Å². The summed E-state index contributed by atoms with van der Waals surface area (Å²) >= 11 is 1.84. The molecule has 0 aliphatic rings. The summed E-state index contributed by atoms with van der Waals surface area (Å²) in [5.74, 6) is 0.892. The second-order valence-electron chi connectivity index (χ2n) is 4.24. The van der Waals surface area contributed by atoms with E-state index in [0.29, 0.717) is 0 Å². The van der Waals surface area contributed by atoms with Crippen LogP contribution in [0, 0.1) is 6.92 Å². The van der Waals surface area contributed by atoms with Gasteiger partial charge in [-0.3, -0.25) is 0 Å². The molecule has 0 bridgehead atoms. The molecule has 0 atom stereocenters. The van der Waals surface area contributed by atoms with Crippen LogP contribution in [0.4, 0.5) is 11.5 Å². The van der Waals surface area contributed by atoms with Crippen LogP contribution >= 0.6 is 11.8 Å². The summed E-state index contributed by atoms with van der Waals surface area (Å²) in [7, 11) is 0. The lowest BCUT2D eigenvalue weighted by atomic mass is 10.2. The molecule has 0 saturated carbocycles. The van der Waals surface area contributed by atoms with Crippen molar-refractivity contribution in [3.63, 3.8) is 0 Å². The van der Waals surface area contributed by atoms with Gasteiger partial charge in [0, 0.05) is 11.3 Å². The van der Waals surface area contributed by atoms with Crippen molar-refractivity contribution >= 4 is 23.3 Å². The minimum absolute atomic E-state index is 0.219. The van der Waals surface area contributed by atoms with Crippen LogP contribution in [-0.4, -0.2) is 22.5 Å². The molecule has 0 aliphatic heterocycles. The van der Waals surface area contributed by atoms with E-state index in [4.69, 9.17) is 5.73 Å². The molecule has 4 heteroatoms. The molecular weight excluding hydrogens is 206 g/mol. The minimum Gasteiger partial charge on any atom is -0.397 e. The fraction of sp³-hybridized carbons (Fsp3) is 0.545. The van der Waals surface area contributed by atoms with Gasteiger partial charge in [-0.15, -0.1) is 0 Å². The van der Waals surface area contributed by atoms with Gasteiger partial charge < -0.3 is 11.1 Å². The van der Waals surface area contributed by atoms with Gasteiger partial charge in [0.2, 0.25) is 0 Å². The van der Waals surface area contributed by atoms with Gasteiger partial charge in [-0.05, 0) is 38.7 Å². The van der Waals surface area contributed by atoms with Crippen molar-refractivity contribution in [3.05, 3.63) is 17.8 Å². The predicted molar refractivity (Wildman–Crippen MR) is 69.5 cm³/mol. The van der Waals surface area contributed by atoms with Crippen LogP contribution in [0.3, 0.4) is 0 Å². The summed E-state index contributed by atoms with van der Waals surface area (Å²) in [4.78, 5) is 4.23. The summed E-state index contributed by atoms with van der Waals surface area (Å²) < 4.78 is 0.219. The smallest absolute Gasteiger partial charge is 0.126 e. The van der Waals surface area contributed by atoms with Crippen molar-refractivity contribution in [2.24, 2.45) is 0 Å². The quantitative estimate of drug-likeness (QED) is 0.826. The van der Waals surface area contributed by atoms with E-state index in [1.54, 1.807) is 6.20 Å². The monoisotopic (exact) mass is 225 g/mol. The molecule has 84 valence electrons. The maximum atomic E-state index is 5.70. The highest BCUT2D eigenvalue weighted by molar-refractivity contribution is 7.99. The number of nitrogens with zero attached hydrogens (tertiary/aromatic N) is 1. The molecule has 3 nitrogen and oxygen atoms in total. The SMILES string of the molecule is CSC(C)(C)CNc1cc(C)c(N)cn1. The van der Waals surface area contributed by atoms with Gasteiger partial charge in [-0.25, -0.2) is 4.98 Å². The number of anilines is 2. The number of nitrogens with two attached hydrogens (primary N) is 1. The molecule has 15 heavy (non-hydrogen) atoms. The van der Waals surface area contributed by atoms with Gasteiger partial charge in [0.15, 0.2) is 0 Å². The van der Waals surface area contributed by atoms with Crippen molar-refractivity contribution in [2.75, 3.05) is 23.9 Å². The van der Waals surface area contributed by atoms with Crippen molar-refractivity contribution in [1.29, 1.82) is 0 Å². The second kappa shape index (κ2) is 4.75. The Bertz CT molecular complexity index is 337. The van der Waals surface area contributed by atoms with Crippen molar-refractivity contribution < 1.29 is 0 Å². The Kier molecular flexibility index (Phi) is 3.85. The lowest BCUT2D eigenvalue weighted by Crippen LogP contribution is -2.26. The van der Waals surface area contributed by atoms with Crippen LogP contribution < -0.4 is 11.1 Å². The topological polar surface area (TPSA) is 50.9 Å². The number of aromatic nitrogens is 1. The molecule has 0 aromatic carbocycles. The number of thioether (sulfide) groups is 1. The zero-order valence-electron chi connectivity index (χ0n) is 9.79. The molecular formula is C11H19N3S. The Hall–Kier alpha value is -0.900. The van der Waals surface area contributed by atoms with E-state index < -0.39 is 0 Å². The molecule has 1 aromatic heterocycles. The fourth-order valence-corrected chi connectivity index (χ4v) is 1.26. The Morgan fingerprint density at radius 2 is 2.20 bits per heavy atom. The van der Waals surface area contributed by atoms with E-state index in [1.807, 2.05) is 24.8 Å². The van der Waals surface area contributed by atoms with Crippen LogP contribution in [0.5, 0.6) is 0 Å². The Morgan fingerprint density at radius 3 is 2.73 bits per heavy atom. The van der Waals surface area contributed by atoms with Gasteiger partial charge >= 0.3 is 0 Å². The number of rotatable bonds is 4. The zero-order valence-corrected chi connectivity index (χ0v) is 10.6. The molecule has 0 aliphatic carbocycles. The first-order valence-corrected chi connectivity index (χ1v) is 6.18. The lowest BCUT2D eigenvalue weighted by molar-refractivity contribution is 0.750. The van der Waals surface area contributed by atoms with Crippen LogP contribution in [0.25, 0.3) is 0 Å². The average molecular weight is 225 g/mol. The van der Waals surface area contributed by atoms with Crippen LogP contribution in [0.15, 0.2) is 12.3 Å². The zero-order chi connectivity index (χ0) is 11.5. The van der Waals surface area contributed by atoms with E-state index in [2.05, 4.69) is 30.4 Å². The fourth-order valence-electron chi connectivity index (χ4n) is 1.04.